The van der Waals surface area contributed by atoms with Crippen LogP contribution < -0.4 is 0 Å². The number of methoxy groups -OCH3 is 1. The van der Waals surface area contributed by atoms with Crippen LogP contribution in [0.3, 0.4) is 0 Å². The number of nitrogens with zero attached hydrogens (tertiary/aromatic N) is 1. The molecule has 0 spiro atoms. The van der Waals surface area contributed by atoms with E-state index < -0.39 is 11.9 Å². The monoisotopic (exact) mass is 191 g/mol. The molecule has 6 nitrogen and oxygen atoms in total. The van der Waals surface area contributed by atoms with Gasteiger partial charge in [-0.2, -0.15) is 0 Å². The lowest BCUT2D eigenvalue weighted by Gasteiger charge is -2.16. The molecular weight excluding hydrogens is 178 g/mol. The molecule has 0 radical (unpaired) electrons. The van der Waals surface area contributed by atoms with Crippen molar-refractivity contribution in [3.8, 4) is 0 Å². The summed E-state index contributed by atoms with van der Waals surface area (Å²) in [5, 5.41) is 16.8. The van der Waals surface area contributed by atoms with Crippen LogP contribution in [0, 0.1) is 0 Å². The summed E-state index contributed by atoms with van der Waals surface area (Å²) in [5.41, 5.74) is 0. The lowest BCUT2D eigenvalue weighted by molar-refractivity contribution is -0.141. The Labute approximate surface area is 75.7 Å². The number of carboxylic acid groups (broad SMARTS) is 2. The van der Waals surface area contributed by atoms with Crippen LogP contribution in [0.4, 0.5) is 0 Å². The first-order chi connectivity index (χ1) is 6.06. The van der Waals surface area contributed by atoms with Crippen LogP contribution >= 0.6 is 0 Å². The van der Waals surface area contributed by atoms with Gasteiger partial charge in [0.05, 0.1) is 19.7 Å². The summed E-state index contributed by atoms with van der Waals surface area (Å²) in [7, 11) is 1.47. The van der Waals surface area contributed by atoms with Crippen molar-refractivity contribution < 1.29 is 24.5 Å². The van der Waals surface area contributed by atoms with Crippen molar-refractivity contribution in [2.24, 2.45) is 0 Å². The SMILES string of the molecule is COCCN(CC(=O)O)CC(=O)O. The van der Waals surface area contributed by atoms with E-state index in [0.29, 0.717) is 13.2 Å². The van der Waals surface area contributed by atoms with Crippen LogP contribution in [0.25, 0.3) is 0 Å². The van der Waals surface area contributed by atoms with Crippen LogP contribution in [-0.2, 0) is 14.3 Å². The van der Waals surface area contributed by atoms with Crippen molar-refractivity contribution in [2.75, 3.05) is 33.4 Å². The van der Waals surface area contributed by atoms with E-state index in [2.05, 4.69) is 0 Å². The molecule has 6 heteroatoms. The van der Waals surface area contributed by atoms with Gasteiger partial charge in [-0.05, 0) is 0 Å². The second-order valence-electron chi connectivity index (χ2n) is 2.49. The van der Waals surface area contributed by atoms with E-state index in [1.54, 1.807) is 0 Å². The molecule has 0 aliphatic heterocycles. The predicted octanol–water partition coefficient (Wildman–Crippen LogP) is -0.896. The number of rotatable bonds is 7. The molecular formula is C7H13NO5. The fourth-order valence-electron chi connectivity index (χ4n) is 0.817. The van der Waals surface area contributed by atoms with Crippen molar-refractivity contribution in [2.45, 2.75) is 0 Å². The third-order valence-corrected chi connectivity index (χ3v) is 1.33. The predicted molar refractivity (Wildman–Crippen MR) is 43.6 cm³/mol. The van der Waals surface area contributed by atoms with E-state index in [9.17, 15) is 9.59 Å². The molecule has 0 amide bonds. The Morgan fingerprint density at radius 3 is 2.00 bits per heavy atom. The molecule has 0 saturated heterocycles. The Morgan fingerprint density at radius 2 is 1.69 bits per heavy atom. The van der Waals surface area contributed by atoms with E-state index in [0.717, 1.165) is 0 Å². The molecule has 0 aliphatic rings. The lowest BCUT2D eigenvalue weighted by Crippen LogP contribution is -2.36. The zero-order chi connectivity index (χ0) is 10.3. The summed E-state index contributed by atoms with van der Waals surface area (Å²) < 4.78 is 4.71. The number of carboxylic acids is 2. The number of hydrogen-bond donors (Lipinski definition) is 2. The van der Waals surface area contributed by atoms with Crippen molar-refractivity contribution in [1.29, 1.82) is 0 Å². The van der Waals surface area contributed by atoms with Gasteiger partial charge in [-0.25, -0.2) is 0 Å². The highest BCUT2D eigenvalue weighted by molar-refractivity contribution is 5.72. The Balaban J connectivity index is 3.87. The smallest absolute Gasteiger partial charge is 0.317 e. The normalized spacial score (nSPS) is 10.3. The number of carbonyl (C=O) groups is 2. The minimum Gasteiger partial charge on any atom is -0.480 e. The van der Waals surface area contributed by atoms with Crippen LogP contribution in [0.15, 0.2) is 0 Å². The zero-order valence-electron chi connectivity index (χ0n) is 7.39. The largest absolute Gasteiger partial charge is 0.480 e. The first kappa shape index (κ1) is 11.9. The number of aliphatic carboxylic acids is 2. The third kappa shape index (κ3) is 7.23. The molecule has 0 atom stereocenters. The van der Waals surface area contributed by atoms with E-state index in [1.807, 2.05) is 0 Å². The number of hydrogen-bond acceptors (Lipinski definition) is 4. The maximum Gasteiger partial charge on any atom is 0.317 e. The van der Waals surface area contributed by atoms with Crippen LogP contribution in [0.2, 0.25) is 0 Å². The van der Waals surface area contributed by atoms with Gasteiger partial charge in [0.1, 0.15) is 0 Å². The molecule has 0 aromatic rings. The topological polar surface area (TPSA) is 87.1 Å². The Hall–Kier alpha value is -1.14. The molecule has 13 heavy (non-hydrogen) atoms. The van der Waals surface area contributed by atoms with Gasteiger partial charge in [0, 0.05) is 13.7 Å². The lowest BCUT2D eigenvalue weighted by atomic mass is 10.4. The number of ether oxygens (including phenoxy) is 1. The zero-order valence-corrected chi connectivity index (χ0v) is 7.39. The summed E-state index contributed by atoms with van der Waals surface area (Å²) in [5.74, 6) is -2.09. The van der Waals surface area contributed by atoms with Crippen LogP contribution in [0.1, 0.15) is 0 Å². The second-order valence-corrected chi connectivity index (χ2v) is 2.49. The highest BCUT2D eigenvalue weighted by atomic mass is 16.5. The van der Waals surface area contributed by atoms with Crippen molar-refractivity contribution in [3.05, 3.63) is 0 Å². The molecule has 0 rings (SSSR count). The minimum atomic E-state index is -1.04. The second kappa shape index (κ2) is 6.38. The first-order valence-electron chi connectivity index (χ1n) is 3.71. The summed E-state index contributed by atoms with van der Waals surface area (Å²) in [6.07, 6.45) is 0. The Morgan fingerprint density at radius 1 is 1.23 bits per heavy atom. The molecule has 0 heterocycles. The molecule has 76 valence electrons. The third-order valence-electron chi connectivity index (χ3n) is 1.33. The van der Waals surface area contributed by atoms with Gasteiger partial charge in [-0.1, -0.05) is 0 Å². The quantitative estimate of drug-likeness (QED) is 0.542. The Kier molecular flexibility index (Phi) is 5.82. The standard InChI is InChI=1S/C7H13NO5/c1-13-3-2-8(4-6(9)10)5-7(11)12/h2-5H2,1H3,(H,9,10)(H,11,12). The molecule has 0 fully saturated rings. The van der Waals surface area contributed by atoms with Gasteiger partial charge >= 0.3 is 11.9 Å². The van der Waals surface area contributed by atoms with Gasteiger partial charge in [0.25, 0.3) is 0 Å². The van der Waals surface area contributed by atoms with E-state index in [4.69, 9.17) is 14.9 Å². The minimum absolute atomic E-state index is 0.282. The Bertz CT molecular complexity index is 166. The molecule has 0 saturated carbocycles. The summed E-state index contributed by atoms with van der Waals surface area (Å²) in [4.78, 5) is 21.8. The fourth-order valence-corrected chi connectivity index (χ4v) is 0.817. The van der Waals surface area contributed by atoms with Gasteiger partial charge < -0.3 is 14.9 Å². The average Bonchev–Trinajstić information content (AvgIpc) is 1.98. The van der Waals surface area contributed by atoms with Crippen molar-refractivity contribution in [3.63, 3.8) is 0 Å². The van der Waals surface area contributed by atoms with E-state index in [1.165, 1.54) is 12.0 Å². The van der Waals surface area contributed by atoms with E-state index in [-0.39, 0.29) is 13.1 Å². The fraction of sp³-hybridized carbons (Fsp3) is 0.714. The van der Waals surface area contributed by atoms with Crippen LogP contribution in [0.5, 0.6) is 0 Å². The molecule has 0 bridgehead atoms. The van der Waals surface area contributed by atoms with Crippen molar-refractivity contribution >= 4 is 11.9 Å². The van der Waals surface area contributed by atoms with Gasteiger partial charge in [-0.15, -0.1) is 0 Å². The maximum atomic E-state index is 10.3. The molecule has 0 aromatic heterocycles. The van der Waals surface area contributed by atoms with Gasteiger partial charge in [0.2, 0.25) is 0 Å². The first-order valence-corrected chi connectivity index (χ1v) is 3.71. The highest BCUT2D eigenvalue weighted by Gasteiger charge is 2.12. The van der Waals surface area contributed by atoms with Crippen molar-refractivity contribution in [1.82, 2.24) is 4.90 Å². The van der Waals surface area contributed by atoms with Crippen LogP contribution in [-0.4, -0.2) is 60.4 Å². The summed E-state index contributed by atoms with van der Waals surface area (Å²) >= 11 is 0. The molecule has 0 unspecified atom stereocenters. The maximum absolute atomic E-state index is 10.3. The summed E-state index contributed by atoms with van der Waals surface area (Å²) in [6.45, 7) is 0.0565. The summed E-state index contributed by atoms with van der Waals surface area (Å²) in [6, 6.07) is 0. The molecule has 0 aliphatic carbocycles. The molecule has 2 N–H and O–H groups in total. The molecule has 0 aromatic carbocycles. The van der Waals surface area contributed by atoms with E-state index >= 15 is 0 Å². The highest BCUT2D eigenvalue weighted by Crippen LogP contribution is 1.88. The van der Waals surface area contributed by atoms with Gasteiger partial charge in [0.15, 0.2) is 0 Å². The average molecular weight is 191 g/mol. The van der Waals surface area contributed by atoms with Gasteiger partial charge in [-0.3, -0.25) is 14.5 Å².